The maximum Gasteiger partial charge on any atom is 0.505 e. The number of allylic oxidation sites excluding steroid dienone is 1. The van der Waals surface area contributed by atoms with Gasteiger partial charge in [0.15, 0.2) is 0 Å². The number of unbranched alkanes of at least 4 members (excludes halogenated alkanes) is 6. The third kappa shape index (κ3) is 8.13. The van der Waals surface area contributed by atoms with Crippen LogP contribution in [0.1, 0.15) is 154 Å². The summed E-state index contributed by atoms with van der Waals surface area (Å²) in [6, 6.07) is 11.6. The monoisotopic (exact) mass is 752 g/mol. The molecule has 0 aromatic carbocycles. The Labute approximate surface area is 319 Å². The molecule has 3 aromatic heterocycles. The fourth-order valence-electron chi connectivity index (χ4n) is 6.81. The SMILES string of the molecule is CCCCCCC1=C(c2sc(-c3ccc(B4OC(C)(C)C(C)(C)O4)s3)cc2CCCCCC)SC(c2ccc(B3OC(C)(C)C(C)(C)O3)s2)C1. The summed E-state index contributed by atoms with van der Waals surface area (Å²) >= 11 is 7.84. The molecule has 0 radical (unpaired) electrons. The van der Waals surface area contributed by atoms with Crippen LogP contribution in [-0.4, -0.2) is 36.6 Å². The summed E-state index contributed by atoms with van der Waals surface area (Å²) in [6.07, 6.45) is 13.7. The summed E-state index contributed by atoms with van der Waals surface area (Å²) in [5.41, 5.74) is 1.85. The highest BCUT2D eigenvalue weighted by Crippen LogP contribution is 2.57. The van der Waals surface area contributed by atoms with Gasteiger partial charge in [0.05, 0.1) is 22.4 Å². The zero-order chi connectivity index (χ0) is 35.9. The lowest BCUT2D eigenvalue weighted by Crippen LogP contribution is -2.41. The zero-order valence-electron chi connectivity index (χ0n) is 32.2. The van der Waals surface area contributed by atoms with Crippen molar-refractivity contribution < 1.29 is 18.6 Å². The molecule has 0 saturated carbocycles. The number of hydrogen-bond acceptors (Lipinski definition) is 8. The van der Waals surface area contributed by atoms with E-state index in [-0.39, 0.29) is 36.6 Å². The first-order chi connectivity index (χ1) is 23.6. The summed E-state index contributed by atoms with van der Waals surface area (Å²) < 4.78 is 28.1. The van der Waals surface area contributed by atoms with E-state index in [0.29, 0.717) is 5.25 Å². The second kappa shape index (κ2) is 15.5. The van der Waals surface area contributed by atoms with Gasteiger partial charge in [0.1, 0.15) is 0 Å². The number of thioether (sulfide) groups is 1. The Hall–Kier alpha value is -0.840. The Kier molecular flexibility index (Phi) is 12.0. The Bertz CT molecular complexity index is 1620. The van der Waals surface area contributed by atoms with Crippen molar-refractivity contribution >= 4 is 74.5 Å². The van der Waals surface area contributed by atoms with Crippen molar-refractivity contribution in [3.8, 4) is 9.75 Å². The summed E-state index contributed by atoms with van der Waals surface area (Å²) in [5.74, 6) is 0. The molecule has 2 saturated heterocycles. The Morgan fingerprint density at radius 1 is 0.620 bits per heavy atom. The molecule has 3 aliphatic heterocycles. The molecule has 4 nitrogen and oxygen atoms in total. The van der Waals surface area contributed by atoms with E-state index < -0.39 is 0 Å². The molecule has 0 aliphatic carbocycles. The van der Waals surface area contributed by atoms with Gasteiger partial charge >= 0.3 is 14.2 Å². The second-order valence-electron chi connectivity index (χ2n) is 16.4. The van der Waals surface area contributed by atoms with Crippen LogP contribution in [0.4, 0.5) is 0 Å². The predicted molar refractivity (Wildman–Crippen MR) is 222 cm³/mol. The Morgan fingerprint density at radius 2 is 1.16 bits per heavy atom. The lowest BCUT2D eigenvalue weighted by molar-refractivity contribution is 0.00578. The van der Waals surface area contributed by atoms with Crippen LogP contribution in [0.15, 0.2) is 35.9 Å². The zero-order valence-corrected chi connectivity index (χ0v) is 35.4. The molecule has 0 N–H and O–H groups in total. The molecular formula is C40H58B2O4S4. The fraction of sp³-hybridized carbons (Fsp3) is 0.650. The van der Waals surface area contributed by atoms with Gasteiger partial charge in [-0.15, -0.1) is 45.8 Å². The van der Waals surface area contributed by atoms with Crippen molar-refractivity contribution in [2.45, 2.75) is 168 Å². The molecule has 272 valence electrons. The number of rotatable bonds is 15. The molecule has 0 amide bonds. The normalized spacial score (nSPS) is 22.4. The van der Waals surface area contributed by atoms with Crippen molar-refractivity contribution in [3.63, 3.8) is 0 Å². The largest absolute Gasteiger partial charge is 0.505 e. The highest BCUT2D eigenvalue weighted by molar-refractivity contribution is 8.09. The van der Waals surface area contributed by atoms with Gasteiger partial charge in [-0.2, -0.15) is 0 Å². The smallest absolute Gasteiger partial charge is 0.399 e. The predicted octanol–water partition coefficient (Wildman–Crippen LogP) is 11.8. The molecule has 3 aliphatic rings. The molecule has 0 spiro atoms. The Morgan fingerprint density at radius 3 is 1.74 bits per heavy atom. The van der Waals surface area contributed by atoms with Gasteiger partial charge in [-0.3, -0.25) is 0 Å². The molecule has 2 fully saturated rings. The first-order valence-corrected chi connectivity index (χ1v) is 22.4. The summed E-state index contributed by atoms with van der Waals surface area (Å²) in [6.45, 7) is 21.7. The quantitative estimate of drug-likeness (QED) is 0.114. The van der Waals surface area contributed by atoms with E-state index in [1.807, 2.05) is 34.0 Å². The van der Waals surface area contributed by atoms with E-state index in [4.69, 9.17) is 18.6 Å². The highest BCUT2D eigenvalue weighted by atomic mass is 32.2. The van der Waals surface area contributed by atoms with E-state index in [1.54, 1.807) is 10.5 Å². The van der Waals surface area contributed by atoms with Crippen LogP contribution in [0, 0.1) is 0 Å². The average Bonchev–Trinajstić information content (AvgIpc) is 3.88. The van der Waals surface area contributed by atoms with Gasteiger partial charge in [0.25, 0.3) is 0 Å². The molecule has 10 heteroatoms. The topological polar surface area (TPSA) is 36.9 Å². The maximum atomic E-state index is 6.44. The van der Waals surface area contributed by atoms with Crippen LogP contribution in [0.5, 0.6) is 0 Å². The lowest BCUT2D eigenvalue weighted by atomic mass is 9.88. The minimum atomic E-state index is -0.340. The number of thiophene rings is 3. The molecular weight excluding hydrogens is 694 g/mol. The molecule has 50 heavy (non-hydrogen) atoms. The van der Waals surface area contributed by atoms with Crippen molar-refractivity contribution in [2.75, 3.05) is 0 Å². The van der Waals surface area contributed by atoms with Gasteiger partial charge in [0.2, 0.25) is 0 Å². The van der Waals surface area contributed by atoms with E-state index in [9.17, 15) is 0 Å². The summed E-state index contributed by atoms with van der Waals surface area (Å²) in [4.78, 5) is 7.20. The average molecular weight is 753 g/mol. The van der Waals surface area contributed by atoms with Gasteiger partial charge in [-0.1, -0.05) is 70.1 Å². The fourth-order valence-corrected chi connectivity index (χ4v) is 11.9. The van der Waals surface area contributed by atoms with Crippen molar-refractivity contribution in [2.24, 2.45) is 0 Å². The number of aryl methyl sites for hydroxylation is 1. The van der Waals surface area contributed by atoms with Crippen molar-refractivity contribution in [1.29, 1.82) is 0 Å². The molecule has 1 atom stereocenters. The molecule has 6 rings (SSSR count). The minimum absolute atomic E-state index is 0.298. The molecule has 1 unspecified atom stereocenters. The minimum Gasteiger partial charge on any atom is -0.399 e. The van der Waals surface area contributed by atoms with Crippen LogP contribution < -0.4 is 9.55 Å². The van der Waals surface area contributed by atoms with Crippen LogP contribution in [0.3, 0.4) is 0 Å². The summed E-state index contributed by atoms with van der Waals surface area (Å²) in [5, 5.41) is 0.433. The molecule has 0 bridgehead atoms. The standard InChI is InChI=1S/C40H58B2O4S4/c1-11-13-15-17-19-27-25-31(29-21-23-33(47-29)41-43-37(3,4)38(5,6)44-41)49-35(27)36-28(20-18-16-14-12-2)26-32(50-36)30-22-24-34(48-30)42-45-39(7,8)40(9,10)46-42/h21-25,32H,11-20,26H2,1-10H3. The van der Waals surface area contributed by atoms with Crippen molar-refractivity contribution in [1.82, 2.24) is 0 Å². The summed E-state index contributed by atoms with van der Waals surface area (Å²) in [7, 11) is -0.614. The molecule has 3 aromatic rings. The lowest BCUT2D eigenvalue weighted by Gasteiger charge is -2.32. The van der Waals surface area contributed by atoms with E-state index in [0.717, 1.165) is 17.6 Å². The number of hydrogen-bond donors (Lipinski definition) is 0. The first kappa shape index (κ1) is 38.9. The highest BCUT2D eigenvalue weighted by Gasteiger charge is 2.53. The van der Waals surface area contributed by atoms with Crippen LogP contribution in [0.2, 0.25) is 0 Å². The van der Waals surface area contributed by atoms with Crippen molar-refractivity contribution in [3.05, 3.63) is 51.2 Å². The Balaban J connectivity index is 1.28. The van der Waals surface area contributed by atoms with Gasteiger partial charge in [-0.25, -0.2) is 0 Å². The van der Waals surface area contributed by atoms with Crippen LogP contribution in [-0.2, 0) is 25.0 Å². The van der Waals surface area contributed by atoms with E-state index in [1.165, 1.54) is 87.6 Å². The second-order valence-corrected chi connectivity index (χ2v) is 21.0. The molecule has 6 heterocycles. The van der Waals surface area contributed by atoms with Crippen LogP contribution >= 0.6 is 45.8 Å². The van der Waals surface area contributed by atoms with Gasteiger partial charge in [0, 0.05) is 39.2 Å². The van der Waals surface area contributed by atoms with Gasteiger partial charge in [-0.05, 0) is 111 Å². The van der Waals surface area contributed by atoms with E-state index >= 15 is 0 Å². The van der Waals surface area contributed by atoms with E-state index in [2.05, 4.69) is 111 Å². The maximum absolute atomic E-state index is 6.44. The third-order valence-corrected chi connectivity index (χ3v) is 16.9. The first-order valence-electron chi connectivity index (χ1n) is 19.1. The van der Waals surface area contributed by atoms with Gasteiger partial charge < -0.3 is 18.6 Å². The third-order valence-electron chi connectivity index (χ3n) is 11.5. The van der Waals surface area contributed by atoms with Crippen LogP contribution in [0.25, 0.3) is 14.7 Å².